The first-order valence-electron chi connectivity index (χ1n) is 7.31. The van der Waals surface area contributed by atoms with Crippen molar-refractivity contribution < 1.29 is 0 Å². The molecular formula is C15H32N2. The largest absolute Gasteiger partial charge is 0.317 e. The summed E-state index contributed by atoms with van der Waals surface area (Å²) in [6.07, 6.45) is 7.27. The van der Waals surface area contributed by atoms with Gasteiger partial charge in [0.1, 0.15) is 0 Å². The molecule has 0 aromatic rings. The van der Waals surface area contributed by atoms with Crippen LogP contribution in [0, 0.1) is 11.3 Å². The maximum Gasteiger partial charge on any atom is 0.00991 e. The van der Waals surface area contributed by atoms with Crippen LogP contribution in [0.25, 0.3) is 0 Å². The lowest BCUT2D eigenvalue weighted by Crippen LogP contribution is -2.45. The van der Waals surface area contributed by atoms with Crippen LogP contribution in [0.5, 0.6) is 0 Å². The summed E-state index contributed by atoms with van der Waals surface area (Å²) in [7, 11) is 4.35. The van der Waals surface area contributed by atoms with Gasteiger partial charge in [-0.15, -0.1) is 0 Å². The average Bonchev–Trinajstić information content (AvgIpc) is 2.28. The predicted molar refractivity (Wildman–Crippen MR) is 76.4 cm³/mol. The van der Waals surface area contributed by atoms with Crippen molar-refractivity contribution in [3.63, 3.8) is 0 Å². The van der Waals surface area contributed by atoms with Crippen molar-refractivity contribution in [1.82, 2.24) is 10.2 Å². The minimum Gasteiger partial charge on any atom is -0.317 e. The van der Waals surface area contributed by atoms with Gasteiger partial charge in [-0.3, -0.25) is 0 Å². The first-order valence-corrected chi connectivity index (χ1v) is 7.31. The molecule has 1 aliphatic rings. The molecule has 0 bridgehead atoms. The summed E-state index contributed by atoms with van der Waals surface area (Å²) in [4.78, 5) is 2.55. The molecule has 17 heavy (non-hydrogen) atoms. The van der Waals surface area contributed by atoms with Crippen LogP contribution < -0.4 is 5.32 Å². The van der Waals surface area contributed by atoms with E-state index in [9.17, 15) is 0 Å². The average molecular weight is 240 g/mol. The Labute approximate surface area is 108 Å². The van der Waals surface area contributed by atoms with E-state index in [0.29, 0.717) is 11.5 Å². The van der Waals surface area contributed by atoms with Crippen LogP contribution >= 0.6 is 0 Å². The summed E-state index contributed by atoms with van der Waals surface area (Å²) < 4.78 is 0. The molecule has 1 fully saturated rings. The minimum atomic E-state index is 0.345. The number of hydrogen-bond acceptors (Lipinski definition) is 2. The molecule has 102 valence electrons. The molecule has 2 nitrogen and oxygen atoms in total. The summed E-state index contributed by atoms with van der Waals surface area (Å²) in [5, 5.41) is 3.39. The molecule has 0 spiro atoms. The molecule has 0 aromatic heterocycles. The van der Waals surface area contributed by atoms with E-state index >= 15 is 0 Å². The number of nitrogens with zero attached hydrogens (tertiary/aromatic N) is 1. The minimum absolute atomic E-state index is 0.345. The Morgan fingerprint density at radius 2 is 1.82 bits per heavy atom. The molecule has 0 saturated heterocycles. The molecule has 1 N–H and O–H groups in total. The van der Waals surface area contributed by atoms with Crippen molar-refractivity contribution >= 4 is 0 Å². The van der Waals surface area contributed by atoms with Crippen LogP contribution in [0.2, 0.25) is 0 Å². The van der Waals surface area contributed by atoms with Crippen LogP contribution in [0.1, 0.15) is 52.9 Å². The van der Waals surface area contributed by atoms with Gasteiger partial charge in [-0.1, -0.05) is 33.1 Å². The molecule has 0 radical (unpaired) electrons. The second-order valence-electron chi connectivity index (χ2n) is 6.70. The van der Waals surface area contributed by atoms with Crippen LogP contribution in [-0.2, 0) is 0 Å². The smallest absolute Gasteiger partial charge is 0.00991 e. The lowest BCUT2D eigenvalue weighted by Gasteiger charge is -2.37. The Kier molecular flexibility index (Phi) is 5.94. The SMILES string of the molecule is CNC(C)C(C)(C)CN(C)CC1CCCCC1. The molecule has 2 heteroatoms. The molecule has 0 amide bonds. The van der Waals surface area contributed by atoms with Gasteiger partial charge in [-0.2, -0.15) is 0 Å². The normalized spacial score (nSPS) is 20.8. The Hall–Kier alpha value is -0.0800. The van der Waals surface area contributed by atoms with Gasteiger partial charge in [0.25, 0.3) is 0 Å². The van der Waals surface area contributed by atoms with E-state index in [4.69, 9.17) is 0 Å². The molecule has 0 aliphatic heterocycles. The van der Waals surface area contributed by atoms with E-state index < -0.39 is 0 Å². The van der Waals surface area contributed by atoms with Crippen molar-refractivity contribution in [2.45, 2.75) is 58.9 Å². The zero-order valence-electron chi connectivity index (χ0n) is 12.6. The zero-order valence-corrected chi connectivity index (χ0v) is 12.6. The highest BCUT2D eigenvalue weighted by Gasteiger charge is 2.27. The first kappa shape index (κ1) is 15.0. The zero-order chi connectivity index (χ0) is 12.9. The van der Waals surface area contributed by atoms with Crippen molar-refractivity contribution in [3.05, 3.63) is 0 Å². The van der Waals surface area contributed by atoms with Gasteiger partial charge in [0.05, 0.1) is 0 Å². The second-order valence-corrected chi connectivity index (χ2v) is 6.70. The number of nitrogens with one attached hydrogen (secondary N) is 1. The topological polar surface area (TPSA) is 15.3 Å². The van der Waals surface area contributed by atoms with Gasteiger partial charge >= 0.3 is 0 Å². The van der Waals surface area contributed by atoms with Gasteiger partial charge in [0.2, 0.25) is 0 Å². The van der Waals surface area contributed by atoms with Gasteiger partial charge in [0.15, 0.2) is 0 Å². The van der Waals surface area contributed by atoms with Crippen LogP contribution in [0.3, 0.4) is 0 Å². The predicted octanol–water partition coefficient (Wildman–Crippen LogP) is 3.13. The number of hydrogen-bond donors (Lipinski definition) is 1. The Morgan fingerprint density at radius 3 is 2.35 bits per heavy atom. The lowest BCUT2D eigenvalue weighted by atomic mass is 9.84. The van der Waals surface area contributed by atoms with E-state index in [0.717, 1.165) is 5.92 Å². The van der Waals surface area contributed by atoms with E-state index in [-0.39, 0.29) is 0 Å². The fourth-order valence-electron chi connectivity index (χ4n) is 3.10. The summed E-state index contributed by atoms with van der Waals surface area (Å²) >= 11 is 0. The Bertz CT molecular complexity index is 207. The fourth-order valence-corrected chi connectivity index (χ4v) is 3.10. The first-order chi connectivity index (χ1) is 7.95. The third-order valence-electron chi connectivity index (χ3n) is 4.58. The summed E-state index contributed by atoms with van der Waals surface area (Å²) in [5.41, 5.74) is 0.345. The van der Waals surface area contributed by atoms with Crippen LogP contribution in [0.15, 0.2) is 0 Å². The molecule has 0 heterocycles. The highest BCUT2D eigenvalue weighted by Crippen LogP contribution is 2.26. The fraction of sp³-hybridized carbons (Fsp3) is 1.00. The van der Waals surface area contributed by atoms with Crippen molar-refractivity contribution in [1.29, 1.82) is 0 Å². The Balaban J connectivity index is 2.34. The highest BCUT2D eigenvalue weighted by atomic mass is 15.1. The third-order valence-corrected chi connectivity index (χ3v) is 4.58. The molecule has 1 aliphatic carbocycles. The van der Waals surface area contributed by atoms with Gasteiger partial charge in [-0.25, -0.2) is 0 Å². The van der Waals surface area contributed by atoms with Gasteiger partial charge < -0.3 is 10.2 Å². The van der Waals surface area contributed by atoms with Gasteiger partial charge in [-0.05, 0) is 45.2 Å². The van der Waals surface area contributed by atoms with E-state index in [1.165, 1.54) is 45.2 Å². The quantitative estimate of drug-likeness (QED) is 0.767. The summed E-state index contributed by atoms with van der Waals surface area (Å²) in [6, 6.07) is 0.566. The molecule has 1 rings (SSSR count). The molecule has 1 atom stereocenters. The van der Waals surface area contributed by atoms with Gasteiger partial charge in [0, 0.05) is 19.1 Å². The van der Waals surface area contributed by atoms with Crippen LogP contribution in [-0.4, -0.2) is 38.1 Å². The molecule has 1 unspecified atom stereocenters. The maximum absolute atomic E-state index is 3.39. The van der Waals surface area contributed by atoms with Crippen LogP contribution in [0.4, 0.5) is 0 Å². The third kappa shape index (κ3) is 4.97. The standard InChI is InChI=1S/C15H32N2/c1-13(16-4)15(2,3)12-17(5)11-14-9-7-6-8-10-14/h13-14,16H,6-12H2,1-5H3. The van der Waals surface area contributed by atoms with Crippen molar-refractivity contribution in [2.24, 2.45) is 11.3 Å². The highest BCUT2D eigenvalue weighted by molar-refractivity contribution is 4.83. The van der Waals surface area contributed by atoms with Crippen molar-refractivity contribution in [2.75, 3.05) is 27.2 Å². The van der Waals surface area contributed by atoms with E-state index in [1.807, 2.05) is 0 Å². The molecular weight excluding hydrogens is 208 g/mol. The Morgan fingerprint density at radius 1 is 1.24 bits per heavy atom. The second kappa shape index (κ2) is 6.75. The molecule has 1 saturated carbocycles. The van der Waals surface area contributed by atoms with Crippen molar-refractivity contribution in [3.8, 4) is 0 Å². The lowest BCUT2D eigenvalue weighted by molar-refractivity contribution is 0.143. The molecule has 0 aromatic carbocycles. The summed E-state index contributed by atoms with van der Waals surface area (Å²) in [6.45, 7) is 9.50. The van der Waals surface area contributed by atoms with E-state index in [2.05, 4.69) is 45.1 Å². The monoisotopic (exact) mass is 240 g/mol. The maximum atomic E-state index is 3.39. The van der Waals surface area contributed by atoms with E-state index in [1.54, 1.807) is 0 Å². The number of rotatable bonds is 6. The summed E-state index contributed by atoms with van der Waals surface area (Å²) in [5.74, 6) is 0.953.